The van der Waals surface area contributed by atoms with Gasteiger partial charge in [-0.05, 0) is 24.6 Å². The molecule has 1 aliphatic heterocycles. The predicted molar refractivity (Wildman–Crippen MR) is 46.2 cm³/mol. The lowest BCUT2D eigenvalue weighted by Crippen LogP contribution is -2.24. The Morgan fingerprint density at radius 3 is 3.17 bits per heavy atom. The van der Waals surface area contributed by atoms with Crippen LogP contribution >= 0.6 is 0 Å². The fourth-order valence-corrected chi connectivity index (χ4v) is 1.72. The first-order chi connectivity index (χ1) is 5.83. The molecule has 0 aromatic carbocycles. The van der Waals surface area contributed by atoms with Crippen LogP contribution in [0.5, 0.6) is 0 Å². The lowest BCUT2D eigenvalue weighted by atomic mass is 10.1. The highest BCUT2D eigenvalue weighted by molar-refractivity contribution is 5.73. The van der Waals surface area contributed by atoms with Gasteiger partial charge in [-0.15, -0.1) is 0 Å². The average Bonchev–Trinajstić information content (AvgIpc) is 2.44. The molecule has 0 spiro atoms. The Hall–Kier alpha value is -1.09. The van der Waals surface area contributed by atoms with E-state index in [4.69, 9.17) is 0 Å². The molecule has 0 aliphatic carbocycles. The highest BCUT2D eigenvalue weighted by Crippen LogP contribution is 2.16. The van der Waals surface area contributed by atoms with Gasteiger partial charge in [0.1, 0.15) is 0 Å². The summed E-state index contributed by atoms with van der Waals surface area (Å²) in [6.45, 7) is 1.91. The van der Waals surface area contributed by atoms with Gasteiger partial charge in [0.05, 0.1) is 5.69 Å². The maximum atomic E-state index is 10.6. The van der Waals surface area contributed by atoms with Gasteiger partial charge in [0.2, 0.25) is 0 Å². The SMILES string of the molecule is Cn1c(C=O)cc2c1CNCC2. The minimum absolute atomic E-state index is 0.781. The summed E-state index contributed by atoms with van der Waals surface area (Å²) in [5.41, 5.74) is 3.35. The number of hydrogen-bond acceptors (Lipinski definition) is 2. The van der Waals surface area contributed by atoms with Crippen LogP contribution in [0.3, 0.4) is 0 Å². The van der Waals surface area contributed by atoms with Crippen molar-refractivity contribution in [2.75, 3.05) is 6.54 Å². The molecule has 1 aromatic rings. The first-order valence-corrected chi connectivity index (χ1v) is 4.16. The predicted octanol–water partition coefficient (Wildman–Crippen LogP) is 0.483. The van der Waals surface area contributed by atoms with E-state index >= 15 is 0 Å². The molecule has 0 atom stereocenters. The molecule has 3 heteroatoms. The Bertz CT molecular complexity index is 315. The van der Waals surface area contributed by atoms with Gasteiger partial charge in [-0.3, -0.25) is 4.79 Å². The number of aldehydes is 1. The lowest BCUT2D eigenvalue weighted by molar-refractivity contribution is 0.111. The van der Waals surface area contributed by atoms with Gasteiger partial charge in [0.25, 0.3) is 0 Å². The third-order valence-electron chi connectivity index (χ3n) is 2.47. The highest BCUT2D eigenvalue weighted by Gasteiger charge is 2.14. The molecule has 0 amide bonds. The van der Waals surface area contributed by atoms with Crippen molar-refractivity contribution >= 4 is 6.29 Å². The fraction of sp³-hybridized carbons (Fsp3) is 0.444. The summed E-state index contributed by atoms with van der Waals surface area (Å²) in [5.74, 6) is 0. The van der Waals surface area contributed by atoms with Crippen LogP contribution in [0.2, 0.25) is 0 Å². The van der Waals surface area contributed by atoms with E-state index in [2.05, 4.69) is 5.32 Å². The Morgan fingerprint density at radius 2 is 2.50 bits per heavy atom. The Morgan fingerprint density at radius 1 is 1.67 bits per heavy atom. The highest BCUT2D eigenvalue weighted by atomic mass is 16.1. The maximum absolute atomic E-state index is 10.6. The van der Waals surface area contributed by atoms with Crippen molar-refractivity contribution in [2.45, 2.75) is 13.0 Å². The van der Waals surface area contributed by atoms with Gasteiger partial charge in [0.15, 0.2) is 6.29 Å². The zero-order chi connectivity index (χ0) is 8.55. The van der Waals surface area contributed by atoms with Crippen LogP contribution in [-0.2, 0) is 20.0 Å². The summed E-state index contributed by atoms with van der Waals surface area (Å²) < 4.78 is 1.97. The fourth-order valence-electron chi connectivity index (χ4n) is 1.72. The summed E-state index contributed by atoms with van der Waals surface area (Å²) in [6.07, 6.45) is 1.95. The first kappa shape index (κ1) is 7.55. The molecule has 64 valence electrons. The Kier molecular flexibility index (Phi) is 1.73. The number of rotatable bonds is 1. The molecule has 0 bridgehead atoms. The van der Waals surface area contributed by atoms with Crippen molar-refractivity contribution in [3.63, 3.8) is 0 Å². The monoisotopic (exact) mass is 164 g/mol. The number of fused-ring (bicyclic) bond motifs is 1. The van der Waals surface area contributed by atoms with Gasteiger partial charge < -0.3 is 9.88 Å². The van der Waals surface area contributed by atoms with Crippen molar-refractivity contribution in [3.05, 3.63) is 23.0 Å². The van der Waals surface area contributed by atoms with Gasteiger partial charge >= 0.3 is 0 Å². The van der Waals surface area contributed by atoms with E-state index < -0.39 is 0 Å². The lowest BCUT2D eigenvalue weighted by Gasteiger charge is -2.14. The molecule has 0 saturated heterocycles. The standard InChI is InChI=1S/C9H12N2O/c1-11-8(6-12)4-7-2-3-10-5-9(7)11/h4,6,10H,2-3,5H2,1H3. The smallest absolute Gasteiger partial charge is 0.166 e. The van der Waals surface area contributed by atoms with Gasteiger partial charge in [-0.25, -0.2) is 0 Å². The molecule has 1 aliphatic rings. The number of nitrogens with zero attached hydrogens (tertiary/aromatic N) is 1. The number of carbonyl (C=O) groups is 1. The Labute approximate surface area is 71.4 Å². The summed E-state index contributed by atoms with van der Waals surface area (Å²) >= 11 is 0. The van der Waals surface area contributed by atoms with Crippen molar-refractivity contribution < 1.29 is 4.79 Å². The van der Waals surface area contributed by atoms with Crippen LogP contribution in [0.15, 0.2) is 6.07 Å². The summed E-state index contributed by atoms with van der Waals surface area (Å²) in [5, 5.41) is 3.28. The first-order valence-electron chi connectivity index (χ1n) is 4.16. The van der Waals surface area contributed by atoms with E-state index in [0.717, 1.165) is 31.5 Å². The molecule has 1 aromatic heterocycles. The molecular weight excluding hydrogens is 152 g/mol. The summed E-state index contributed by atoms with van der Waals surface area (Å²) in [7, 11) is 1.94. The quantitative estimate of drug-likeness (QED) is 0.613. The molecule has 2 heterocycles. The second-order valence-corrected chi connectivity index (χ2v) is 3.14. The third-order valence-corrected chi connectivity index (χ3v) is 2.47. The molecule has 0 radical (unpaired) electrons. The van der Waals surface area contributed by atoms with E-state index in [9.17, 15) is 4.79 Å². The van der Waals surface area contributed by atoms with Crippen molar-refractivity contribution in [3.8, 4) is 0 Å². The van der Waals surface area contributed by atoms with Crippen LogP contribution in [0.1, 0.15) is 21.7 Å². The van der Waals surface area contributed by atoms with E-state index in [1.54, 1.807) is 0 Å². The Balaban J connectivity index is 2.51. The second kappa shape index (κ2) is 2.75. The maximum Gasteiger partial charge on any atom is 0.166 e. The largest absolute Gasteiger partial charge is 0.344 e. The number of hydrogen-bond donors (Lipinski definition) is 1. The van der Waals surface area contributed by atoms with Gasteiger partial charge in [0, 0.05) is 19.3 Å². The summed E-state index contributed by atoms with van der Waals surface area (Å²) in [6, 6.07) is 1.99. The van der Waals surface area contributed by atoms with E-state index in [1.807, 2.05) is 17.7 Å². The van der Waals surface area contributed by atoms with Gasteiger partial charge in [-0.1, -0.05) is 0 Å². The van der Waals surface area contributed by atoms with Crippen LogP contribution in [0.4, 0.5) is 0 Å². The molecule has 0 saturated carbocycles. The van der Waals surface area contributed by atoms with E-state index in [1.165, 1.54) is 11.3 Å². The topological polar surface area (TPSA) is 34.0 Å². The number of carbonyl (C=O) groups excluding carboxylic acids is 1. The minimum Gasteiger partial charge on any atom is -0.344 e. The third kappa shape index (κ3) is 0.975. The normalized spacial score (nSPS) is 15.8. The molecule has 2 rings (SSSR count). The summed E-state index contributed by atoms with van der Waals surface area (Å²) in [4.78, 5) is 10.6. The molecule has 1 N–H and O–H groups in total. The van der Waals surface area contributed by atoms with Crippen LogP contribution in [-0.4, -0.2) is 17.4 Å². The molecular formula is C9H12N2O. The molecule has 12 heavy (non-hydrogen) atoms. The molecule has 3 nitrogen and oxygen atoms in total. The van der Waals surface area contributed by atoms with Crippen molar-refractivity contribution in [1.29, 1.82) is 0 Å². The van der Waals surface area contributed by atoms with Crippen LogP contribution < -0.4 is 5.32 Å². The van der Waals surface area contributed by atoms with Crippen molar-refractivity contribution in [2.24, 2.45) is 7.05 Å². The van der Waals surface area contributed by atoms with Crippen LogP contribution in [0, 0.1) is 0 Å². The molecule has 0 unspecified atom stereocenters. The van der Waals surface area contributed by atoms with Crippen molar-refractivity contribution in [1.82, 2.24) is 9.88 Å². The zero-order valence-electron chi connectivity index (χ0n) is 7.13. The average molecular weight is 164 g/mol. The van der Waals surface area contributed by atoms with E-state index in [0.29, 0.717) is 0 Å². The molecule has 0 fully saturated rings. The minimum atomic E-state index is 0.781. The van der Waals surface area contributed by atoms with Crippen LogP contribution in [0.25, 0.3) is 0 Å². The second-order valence-electron chi connectivity index (χ2n) is 3.14. The number of nitrogens with one attached hydrogen (secondary N) is 1. The van der Waals surface area contributed by atoms with E-state index in [-0.39, 0.29) is 0 Å². The number of aromatic nitrogens is 1. The zero-order valence-corrected chi connectivity index (χ0v) is 7.13. The van der Waals surface area contributed by atoms with Gasteiger partial charge in [-0.2, -0.15) is 0 Å².